The Labute approximate surface area is 362 Å². The zero-order chi connectivity index (χ0) is 40.8. The first kappa shape index (κ1) is 35.1. The summed E-state index contributed by atoms with van der Waals surface area (Å²) < 4.78 is 6.72. The number of rotatable bonds is 5. The fourth-order valence-corrected chi connectivity index (χ4v) is 11.7. The second-order valence-corrected chi connectivity index (χ2v) is 17.0. The minimum atomic E-state index is -0.590. The molecular weight excluding hydrogens is 749 g/mol. The van der Waals surface area contributed by atoms with Gasteiger partial charge in [-0.25, -0.2) is 0 Å². The summed E-state index contributed by atoms with van der Waals surface area (Å²) in [6.07, 6.45) is 0. The number of ether oxygens (including phenoxy) is 1. The zero-order valence-electron chi connectivity index (χ0n) is 34.0. The molecule has 0 radical (unpaired) electrons. The highest BCUT2D eigenvalue weighted by Crippen LogP contribution is 2.63. The van der Waals surface area contributed by atoms with Crippen molar-refractivity contribution in [3.8, 4) is 33.8 Å². The normalized spacial score (nSPS) is 16.3. The molecule has 3 aliphatic rings. The van der Waals surface area contributed by atoms with Gasteiger partial charge in [0.25, 0.3) is 0 Å². The summed E-state index contributed by atoms with van der Waals surface area (Å²) in [6.45, 7) is 0. The van der Waals surface area contributed by atoms with Crippen LogP contribution in [-0.4, -0.2) is 0 Å². The van der Waals surface area contributed by atoms with Crippen LogP contribution in [0, 0.1) is 0 Å². The highest BCUT2D eigenvalue weighted by molar-refractivity contribution is 5.96. The minimum absolute atomic E-state index is 0.0963. The molecule has 0 bridgehead atoms. The number of hydrogen-bond donors (Lipinski definition) is 0. The Kier molecular flexibility index (Phi) is 7.57. The Morgan fingerprint density at radius 1 is 0.290 bits per heavy atom. The number of benzene rings is 10. The molecule has 0 aromatic heterocycles. The third kappa shape index (κ3) is 4.68. The van der Waals surface area contributed by atoms with Crippen LogP contribution in [0.25, 0.3) is 33.0 Å². The summed E-state index contributed by atoms with van der Waals surface area (Å²) in [5.74, 6) is 1.71. The van der Waals surface area contributed by atoms with E-state index in [-0.39, 0.29) is 5.92 Å². The van der Waals surface area contributed by atoms with Crippen molar-refractivity contribution in [2.75, 3.05) is 0 Å². The van der Waals surface area contributed by atoms with E-state index in [1.165, 1.54) is 94.2 Å². The highest BCUT2D eigenvalue weighted by Gasteiger charge is 2.52. The van der Waals surface area contributed by atoms with Crippen LogP contribution in [-0.2, 0) is 10.8 Å². The summed E-state index contributed by atoms with van der Waals surface area (Å²) in [7, 11) is 0. The predicted molar refractivity (Wildman–Crippen MR) is 252 cm³/mol. The van der Waals surface area contributed by atoms with Crippen molar-refractivity contribution in [1.82, 2.24) is 0 Å². The third-order valence-corrected chi connectivity index (χ3v) is 14.1. The Balaban J connectivity index is 1.12. The Hall–Kier alpha value is -7.74. The van der Waals surface area contributed by atoms with Crippen LogP contribution in [0.2, 0.25) is 0 Å². The molecule has 0 amide bonds. The van der Waals surface area contributed by atoms with E-state index >= 15 is 0 Å². The molecule has 0 saturated carbocycles. The van der Waals surface area contributed by atoms with Crippen LogP contribution in [0.4, 0.5) is 0 Å². The molecule has 2 unspecified atom stereocenters. The van der Waals surface area contributed by atoms with Gasteiger partial charge in [-0.15, -0.1) is 0 Å². The lowest BCUT2D eigenvalue weighted by atomic mass is 9.63. The molecule has 0 N–H and O–H groups in total. The molecule has 0 fully saturated rings. The fraction of sp³-hybridized carbons (Fsp3) is 0.0492. The average Bonchev–Trinajstić information content (AvgIpc) is 3.79. The van der Waals surface area contributed by atoms with Crippen molar-refractivity contribution in [2.24, 2.45) is 0 Å². The Morgan fingerprint density at radius 3 is 1.47 bits per heavy atom. The Morgan fingerprint density at radius 2 is 0.774 bits per heavy atom. The summed E-state index contributed by atoms with van der Waals surface area (Å²) in [5, 5.41) is 2.50. The van der Waals surface area contributed by atoms with Gasteiger partial charge in [0, 0.05) is 17.0 Å². The summed E-state index contributed by atoms with van der Waals surface area (Å²) in [6, 6.07) is 88.2. The van der Waals surface area contributed by atoms with E-state index in [0.717, 1.165) is 11.5 Å². The van der Waals surface area contributed by atoms with Gasteiger partial charge in [-0.2, -0.15) is 0 Å². The van der Waals surface area contributed by atoms with Crippen LogP contribution in [0.5, 0.6) is 11.5 Å². The quantitative estimate of drug-likeness (QED) is 0.158. The van der Waals surface area contributed by atoms with Crippen LogP contribution in [0.1, 0.15) is 67.1 Å². The average molecular weight is 789 g/mol. The summed E-state index contributed by atoms with van der Waals surface area (Å²) in [4.78, 5) is 0. The van der Waals surface area contributed by atoms with Gasteiger partial charge in [-0.05, 0) is 107 Å². The highest BCUT2D eigenvalue weighted by atomic mass is 16.5. The molecule has 2 aliphatic carbocycles. The molecule has 0 saturated heterocycles. The third-order valence-electron chi connectivity index (χ3n) is 14.1. The Bertz CT molecular complexity index is 3350. The monoisotopic (exact) mass is 788 g/mol. The van der Waals surface area contributed by atoms with E-state index in [9.17, 15) is 0 Å². The van der Waals surface area contributed by atoms with Gasteiger partial charge in [-0.3, -0.25) is 0 Å². The standard InChI is InChI=1S/C61H40O/c1-3-19-40(20-4-1)59(43-35-36-47-45-25-9-13-29-51(45)61(55(47)39-43)53-31-15-17-33-57(53)62-58-34-18-16-32-54(58)61)48-27-11-14-30-52(48)60(44-23-5-2-6-24-44)50-28-12-10-26-46(50)49-37-41-21-7-8-22-42(41)38-56(49)60/h1-39,59H. The first-order valence-electron chi connectivity index (χ1n) is 21.7. The van der Waals surface area contributed by atoms with Crippen LogP contribution in [0.15, 0.2) is 237 Å². The molecule has 62 heavy (non-hydrogen) atoms. The number of fused-ring (bicyclic) bond motifs is 13. The van der Waals surface area contributed by atoms with Crippen LogP contribution in [0.3, 0.4) is 0 Å². The molecule has 10 aromatic rings. The smallest absolute Gasteiger partial charge is 0.132 e. The van der Waals surface area contributed by atoms with E-state index in [2.05, 4.69) is 237 Å². The zero-order valence-corrected chi connectivity index (χ0v) is 34.0. The van der Waals surface area contributed by atoms with E-state index in [0.29, 0.717) is 0 Å². The second kappa shape index (κ2) is 13.4. The second-order valence-electron chi connectivity index (χ2n) is 17.0. The lowest BCUT2D eigenvalue weighted by Gasteiger charge is -2.40. The van der Waals surface area contributed by atoms with Gasteiger partial charge in [0.2, 0.25) is 0 Å². The molecule has 2 atom stereocenters. The van der Waals surface area contributed by atoms with Gasteiger partial charge in [-0.1, -0.05) is 212 Å². The van der Waals surface area contributed by atoms with Crippen molar-refractivity contribution in [3.05, 3.63) is 298 Å². The van der Waals surface area contributed by atoms with Gasteiger partial charge in [0.05, 0.1) is 10.8 Å². The fourth-order valence-electron chi connectivity index (χ4n) is 11.7. The van der Waals surface area contributed by atoms with Crippen molar-refractivity contribution < 1.29 is 4.74 Å². The predicted octanol–water partition coefficient (Wildman–Crippen LogP) is 14.9. The van der Waals surface area contributed by atoms with Gasteiger partial charge < -0.3 is 4.74 Å². The number of hydrogen-bond acceptors (Lipinski definition) is 1. The molecule has 10 aromatic carbocycles. The van der Waals surface area contributed by atoms with E-state index in [1.807, 2.05) is 0 Å². The first-order chi connectivity index (χ1) is 30.8. The molecule has 290 valence electrons. The van der Waals surface area contributed by atoms with Crippen molar-refractivity contribution in [1.29, 1.82) is 0 Å². The maximum Gasteiger partial charge on any atom is 0.132 e. The largest absolute Gasteiger partial charge is 0.457 e. The lowest BCUT2D eigenvalue weighted by molar-refractivity contribution is 0.436. The van der Waals surface area contributed by atoms with Crippen molar-refractivity contribution in [3.63, 3.8) is 0 Å². The molecule has 1 aliphatic heterocycles. The van der Waals surface area contributed by atoms with E-state index in [4.69, 9.17) is 4.74 Å². The topological polar surface area (TPSA) is 9.23 Å². The maximum atomic E-state index is 6.72. The molecule has 1 spiro atoms. The van der Waals surface area contributed by atoms with Crippen LogP contribution >= 0.6 is 0 Å². The van der Waals surface area contributed by atoms with E-state index in [1.54, 1.807) is 0 Å². The summed E-state index contributed by atoms with van der Waals surface area (Å²) >= 11 is 0. The van der Waals surface area contributed by atoms with Crippen LogP contribution < -0.4 is 4.74 Å². The summed E-state index contributed by atoms with van der Waals surface area (Å²) in [5.41, 5.74) is 17.9. The minimum Gasteiger partial charge on any atom is -0.457 e. The number of para-hydroxylation sites is 2. The maximum absolute atomic E-state index is 6.72. The molecule has 1 heterocycles. The molecule has 1 nitrogen and oxygen atoms in total. The van der Waals surface area contributed by atoms with E-state index < -0.39 is 10.8 Å². The van der Waals surface area contributed by atoms with Crippen molar-refractivity contribution >= 4 is 10.8 Å². The SMILES string of the molecule is c1ccc(C(c2ccc3c(c2)C2(c4ccccc4Oc4ccccc42)c2ccccc2-3)c2ccccc2C2(c3ccccc3)c3ccccc3-c3cc4ccccc4cc32)cc1. The van der Waals surface area contributed by atoms with Crippen molar-refractivity contribution in [2.45, 2.75) is 16.7 Å². The van der Waals surface area contributed by atoms with Gasteiger partial charge in [0.1, 0.15) is 11.5 Å². The molecule has 13 rings (SSSR count). The molecule has 1 heteroatoms. The lowest BCUT2D eigenvalue weighted by Crippen LogP contribution is -2.32. The molecular formula is C61H40O. The van der Waals surface area contributed by atoms with Gasteiger partial charge in [0.15, 0.2) is 0 Å². The van der Waals surface area contributed by atoms with Gasteiger partial charge >= 0.3 is 0 Å². The first-order valence-corrected chi connectivity index (χ1v) is 21.7.